The van der Waals surface area contributed by atoms with E-state index in [9.17, 15) is 5.11 Å². The van der Waals surface area contributed by atoms with Crippen molar-refractivity contribution in [2.45, 2.75) is 39.2 Å². The molecule has 1 heteroatoms. The van der Waals surface area contributed by atoms with Gasteiger partial charge in [0.15, 0.2) is 0 Å². The van der Waals surface area contributed by atoms with Crippen LogP contribution in [0, 0.1) is 5.92 Å². The summed E-state index contributed by atoms with van der Waals surface area (Å²) in [5.41, 5.74) is 3.64. The van der Waals surface area contributed by atoms with Crippen LogP contribution >= 0.6 is 0 Å². The summed E-state index contributed by atoms with van der Waals surface area (Å²) in [5, 5.41) is 10.3. The van der Waals surface area contributed by atoms with Gasteiger partial charge in [0.25, 0.3) is 0 Å². The van der Waals surface area contributed by atoms with Crippen LogP contribution in [0.2, 0.25) is 0 Å². The Labute approximate surface area is 122 Å². The number of benzene rings is 2. The Balaban J connectivity index is 1.96. The fourth-order valence-corrected chi connectivity index (χ4v) is 2.51. The van der Waals surface area contributed by atoms with E-state index in [1.54, 1.807) is 0 Å². The second kappa shape index (κ2) is 7.25. The highest BCUT2D eigenvalue weighted by Gasteiger charge is 2.09. The van der Waals surface area contributed by atoms with Gasteiger partial charge in [0.05, 0.1) is 6.10 Å². The molecule has 2 aromatic carbocycles. The van der Waals surface area contributed by atoms with E-state index in [4.69, 9.17) is 0 Å². The predicted molar refractivity (Wildman–Crippen MR) is 84.7 cm³/mol. The molecule has 0 radical (unpaired) electrons. The van der Waals surface area contributed by atoms with Gasteiger partial charge in [-0.25, -0.2) is 0 Å². The number of rotatable bonds is 6. The van der Waals surface area contributed by atoms with Crippen molar-refractivity contribution in [1.82, 2.24) is 0 Å². The standard InChI is InChI=1S/C19H24O/c1-15(2)13-17-9-6-10-18(14-17)19(20)12-11-16-7-4-3-5-8-16/h3-10,14-15,19-20H,11-13H2,1-2H3. The monoisotopic (exact) mass is 268 g/mol. The van der Waals surface area contributed by atoms with Gasteiger partial charge in [0.1, 0.15) is 0 Å². The molecule has 20 heavy (non-hydrogen) atoms. The van der Waals surface area contributed by atoms with Crippen LogP contribution < -0.4 is 0 Å². The summed E-state index contributed by atoms with van der Waals surface area (Å²) in [6.45, 7) is 4.44. The topological polar surface area (TPSA) is 20.2 Å². The number of aryl methyl sites for hydroxylation is 1. The Morgan fingerprint density at radius 1 is 0.900 bits per heavy atom. The van der Waals surface area contributed by atoms with Crippen molar-refractivity contribution < 1.29 is 5.11 Å². The molecule has 0 aromatic heterocycles. The Hall–Kier alpha value is -1.60. The molecule has 1 N–H and O–H groups in total. The summed E-state index contributed by atoms with van der Waals surface area (Å²) >= 11 is 0. The van der Waals surface area contributed by atoms with Crippen molar-refractivity contribution in [3.8, 4) is 0 Å². The van der Waals surface area contributed by atoms with Crippen molar-refractivity contribution >= 4 is 0 Å². The van der Waals surface area contributed by atoms with Crippen molar-refractivity contribution in [1.29, 1.82) is 0 Å². The van der Waals surface area contributed by atoms with Gasteiger partial charge in [-0.1, -0.05) is 68.4 Å². The largest absolute Gasteiger partial charge is 0.388 e. The second-order valence-corrected chi connectivity index (χ2v) is 5.88. The van der Waals surface area contributed by atoms with Crippen LogP contribution in [-0.2, 0) is 12.8 Å². The molecule has 1 unspecified atom stereocenters. The fraction of sp³-hybridized carbons (Fsp3) is 0.368. The summed E-state index contributed by atoms with van der Waals surface area (Å²) in [6.07, 6.45) is 2.38. The first-order chi connectivity index (χ1) is 9.65. The Morgan fingerprint density at radius 2 is 1.60 bits per heavy atom. The van der Waals surface area contributed by atoms with E-state index in [1.807, 2.05) is 24.3 Å². The lowest BCUT2D eigenvalue weighted by Gasteiger charge is -2.13. The maximum absolute atomic E-state index is 10.3. The number of aliphatic hydroxyl groups excluding tert-OH is 1. The van der Waals surface area contributed by atoms with Crippen molar-refractivity contribution in [3.05, 3.63) is 71.3 Å². The summed E-state index contributed by atoms with van der Waals surface area (Å²) in [6, 6.07) is 18.7. The number of hydrogen-bond donors (Lipinski definition) is 1. The Kier molecular flexibility index (Phi) is 5.37. The molecule has 0 aliphatic heterocycles. The molecule has 106 valence electrons. The molecule has 0 saturated heterocycles. The molecule has 0 fully saturated rings. The average Bonchev–Trinajstić information content (AvgIpc) is 2.45. The lowest BCUT2D eigenvalue weighted by molar-refractivity contribution is 0.167. The predicted octanol–water partition coefficient (Wildman–Crippen LogP) is 4.55. The van der Waals surface area contributed by atoms with Gasteiger partial charge in [-0.3, -0.25) is 0 Å². The van der Waals surface area contributed by atoms with Crippen LogP contribution in [0.25, 0.3) is 0 Å². The van der Waals surface area contributed by atoms with E-state index in [0.717, 1.165) is 24.8 Å². The maximum atomic E-state index is 10.3. The highest BCUT2D eigenvalue weighted by Crippen LogP contribution is 2.21. The van der Waals surface area contributed by atoms with E-state index in [1.165, 1.54) is 11.1 Å². The molecule has 1 atom stereocenters. The molecule has 2 aromatic rings. The van der Waals surface area contributed by atoms with E-state index >= 15 is 0 Å². The van der Waals surface area contributed by atoms with Crippen molar-refractivity contribution in [2.75, 3.05) is 0 Å². The van der Waals surface area contributed by atoms with Crippen LogP contribution in [0.3, 0.4) is 0 Å². The molecule has 0 amide bonds. The first-order valence-electron chi connectivity index (χ1n) is 7.46. The third-order valence-electron chi connectivity index (χ3n) is 3.53. The first kappa shape index (κ1) is 14.8. The average molecular weight is 268 g/mol. The van der Waals surface area contributed by atoms with Gasteiger partial charge >= 0.3 is 0 Å². The van der Waals surface area contributed by atoms with Gasteiger partial charge in [0, 0.05) is 0 Å². The zero-order valence-corrected chi connectivity index (χ0v) is 12.4. The SMILES string of the molecule is CC(C)Cc1cccc(C(O)CCc2ccccc2)c1. The van der Waals surface area contributed by atoms with Gasteiger partial charge in [-0.15, -0.1) is 0 Å². The summed E-state index contributed by atoms with van der Waals surface area (Å²) in [7, 11) is 0. The molecule has 0 saturated carbocycles. The van der Waals surface area contributed by atoms with E-state index in [0.29, 0.717) is 5.92 Å². The van der Waals surface area contributed by atoms with Crippen LogP contribution in [0.5, 0.6) is 0 Å². The van der Waals surface area contributed by atoms with E-state index < -0.39 is 0 Å². The molecule has 0 heterocycles. The first-order valence-corrected chi connectivity index (χ1v) is 7.46. The highest BCUT2D eigenvalue weighted by molar-refractivity contribution is 5.26. The fourth-order valence-electron chi connectivity index (χ4n) is 2.51. The van der Waals surface area contributed by atoms with Gasteiger partial charge in [0.2, 0.25) is 0 Å². The van der Waals surface area contributed by atoms with Gasteiger partial charge in [-0.05, 0) is 41.9 Å². The summed E-state index contributed by atoms with van der Waals surface area (Å²) < 4.78 is 0. The molecule has 1 nitrogen and oxygen atoms in total. The van der Waals surface area contributed by atoms with Crippen LogP contribution in [0.1, 0.15) is 43.1 Å². The second-order valence-electron chi connectivity index (χ2n) is 5.88. The minimum Gasteiger partial charge on any atom is -0.388 e. The Bertz CT molecular complexity index is 516. The molecular weight excluding hydrogens is 244 g/mol. The van der Waals surface area contributed by atoms with Gasteiger partial charge in [-0.2, -0.15) is 0 Å². The summed E-state index contributed by atoms with van der Waals surface area (Å²) in [4.78, 5) is 0. The van der Waals surface area contributed by atoms with E-state index in [2.05, 4.69) is 44.2 Å². The normalized spacial score (nSPS) is 12.6. The number of hydrogen-bond acceptors (Lipinski definition) is 1. The molecular formula is C19H24O. The number of aliphatic hydroxyl groups is 1. The smallest absolute Gasteiger partial charge is 0.0793 e. The third kappa shape index (κ3) is 4.50. The van der Waals surface area contributed by atoms with Crippen LogP contribution in [0.15, 0.2) is 54.6 Å². The Morgan fingerprint density at radius 3 is 2.30 bits per heavy atom. The van der Waals surface area contributed by atoms with Crippen LogP contribution in [0.4, 0.5) is 0 Å². The zero-order valence-electron chi connectivity index (χ0n) is 12.4. The van der Waals surface area contributed by atoms with Crippen molar-refractivity contribution in [2.24, 2.45) is 5.92 Å². The van der Waals surface area contributed by atoms with Gasteiger partial charge < -0.3 is 5.11 Å². The van der Waals surface area contributed by atoms with E-state index in [-0.39, 0.29) is 6.10 Å². The maximum Gasteiger partial charge on any atom is 0.0793 e. The van der Waals surface area contributed by atoms with Crippen molar-refractivity contribution in [3.63, 3.8) is 0 Å². The zero-order chi connectivity index (χ0) is 14.4. The quantitative estimate of drug-likeness (QED) is 0.814. The lowest BCUT2D eigenvalue weighted by atomic mass is 9.96. The highest BCUT2D eigenvalue weighted by atomic mass is 16.3. The lowest BCUT2D eigenvalue weighted by Crippen LogP contribution is -2.01. The molecule has 0 spiro atoms. The molecule has 0 bridgehead atoms. The minimum absolute atomic E-state index is 0.373. The third-order valence-corrected chi connectivity index (χ3v) is 3.53. The molecule has 2 rings (SSSR count). The molecule has 0 aliphatic rings. The minimum atomic E-state index is -0.373. The van der Waals surface area contributed by atoms with Crippen LogP contribution in [-0.4, -0.2) is 5.11 Å². The molecule has 0 aliphatic carbocycles. The summed E-state index contributed by atoms with van der Waals surface area (Å²) in [5.74, 6) is 0.645.